The molecule has 1 fully saturated rings. The van der Waals surface area contributed by atoms with Crippen LogP contribution < -0.4 is 31.5 Å². The number of nitrogen functional groups attached to an aromatic ring is 1. The van der Waals surface area contributed by atoms with E-state index in [0.717, 1.165) is 50.2 Å². The standard InChI is InChI=1S/C24H35N7O3/c1-3-4-13-34-23-29-21(25)20-22(30-23)31(24(32)28-20)15-17-6-5-16(14-19(17)33-2)7-12-27-18-8-10-26-11-9-18/h5-6,14,18,26-27H,3-4,7-13,15H2,1-2H3,(H,28,32)(H2,25,29,30). The third-order valence-corrected chi connectivity index (χ3v) is 6.22. The number of fused-ring (bicyclic) bond motifs is 1. The fourth-order valence-corrected chi connectivity index (χ4v) is 4.24. The minimum absolute atomic E-state index is 0.176. The molecule has 2 aromatic heterocycles. The van der Waals surface area contributed by atoms with Gasteiger partial charge in [-0.25, -0.2) is 4.79 Å². The summed E-state index contributed by atoms with van der Waals surface area (Å²) in [6, 6.07) is 6.90. The van der Waals surface area contributed by atoms with E-state index in [-0.39, 0.29) is 17.5 Å². The van der Waals surface area contributed by atoms with Crippen molar-refractivity contribution in [2.75, 3.05) is 39.1 Å². The van der Waals surface area contributed by atoms with Gasteiger partial charge in [-0.1, -0.05) is 25.5 Å². The van der Waals surface area contributed by atoms with Gasteiger partial charge in [-0.05, 0) is 56.9 Å². The summed E-state index contributed by atoms with van der Waals surface area (Å²) < 4.78 is 12.8. The highest BCUT2D eigenvalue weighted by Crippen LogP contribution is 2.24. The maximum atomic E-state index is 12.7. The van der Waals surface area contributed by atoms with Gasteiger partial charge in [-0.3, -0.25) is 4.57 Å². The number of ether oxygens (including phenoxy) is 2. The molecule has 5 N–H and O–H groups in total. The van der Waals surface area contributed by atoms with Crippen LogP contribution in [0.25, 0.3) is 11.2 Å². The van der Waals surface area contributed by atoms with Crippen LogP contribution >= 0.6 is 0 Å². The lowest BCUT2D eigenvalue weighted by Crippen LogP contribution is -2.40. The summed E-state index contributed by atoms with van der Waals surface area (Å²) in [4.78, 5) is 24.1. The molecule has 3 aromatic rings. The zero-order chi connectivity index (χ0) is 23.9. The Balaban J connectivity index is 1.50. The Hall–Kier alpha value is -3.11. The van der Waals surface area contributed by atoms with Gasteiger partial charge in [0.05, 0.1) is 20.3 Å². The molecule has 0 aliphatic carbocycles. The predicted octanol–water partition coefficient (Wildman–Crippen LogP) is 1.82. The number of nitrogens with one attached hydrogen (secondary N) is 3. The third-order valence-electron chi connectivity index (χ3n) is 6.22. The molecule has 0 radical (unpaired) electrons. The van der Waals surface area contributed by atoms with Crippen molar-refractivity contribution in [2.24, 2.45) is 0 Å². The first-order chi connectivity index (χ1) is 16.6. The van der Waals surface area contributed by atoms with E-state index < -0.39 is 0 Å². The van der Waals surface area contributed by atoms with E-state index >= 15 is 0 Å². The molecule has 10 nitrogen and oxygen atoms in total. The van der Waals surface area contributed by atoms with Gasteiger partial charge in [0.1, 0.15) is 11.3 Å². The topological polar surface area (TPSA) is 132 Å². The number of methoxy groups -OCH3 is 1. The van der Waals surface area contributed by atoms with Gasteiger partial charge in [-0.15, -0.1) is 0 Å². The average molecular weight is 470 g/mol. The van der Waals surface area contributed by atoms with Crippen LogP contribution in [-0.2, 0) is 13.0 Å². The molecule has 0 amide bonds. The van der Waals surface area contributed by atoms with Crippen molar-refractivity contribution in [1.82, 2.24) is 30.2 Å². The van der Waals surface area contributed by atoms with Crippen LogP contribution in [0.4, 0.5) is 5.82 Å². The lowest BCUT2D eigenvalue weighted by atomic mass is 10.0. The Morgan fingerprint density at radius 2 is 2.09 bits per heavy atom. The Morgan fingerprint density at radius 1 is 1.26 bits per heavy atom. The number of benzene rings is 1. The zero-order valence-corrected chi connectivity index (χ0v) is 20.0. The second-order valence-corrected chi connectivity index (χ2v) is 8.68. The number of nitrogens with zero attached hydrogens (tertiary/aromatic N) is 3. The molecule has 1 aliphatic heterocycles. The molecule has 34 heavy (non-hydrogen) atoms. The van der Waals surface area contributed by atoms with E-state index in [2.05, 4.69) is 38.6 Å². The van der Waals surface area contributed by atoms with E-state index in [0.29, 0.717) is 30.4 Å². The van der Waals surface area contributed by atoms with Crippen molar-refractivity contribution in [2.45, 2.75) is 51.6 Å². The van der Waals surface area contributed by atoms with Gasteiger partial charge in [0, 0.05) is 11.6 Å². The second kappa shape index (κ2) is 11.3. The largest absolute Gasteiger partial charge is 0.496 e. The molecular formula is C24H35N7O3. The van der Waals surface area contributed by atoms with Crippen LogP contribution in [-0.4, -0.2) is 58.9 Å². The van der Waals surface area contributed by atoms with E-state index in [9.17, 15) is 4.79 Å². The SMILES string of the molecule is CCCCOc1nc(N)c2[nH]c(=O)n(Cc3ccc(CCNC4CCNCC4)cc3OC)c2n1. The van der Waals surface area contributed by atoms with Gasteiger partial charge in [0.15, 0.2) is 11.5 Å². The number of hydrogen-bond donors (Lipinski definition) is 4. The number of H-pyrrole nitrogens is 1. The first-order valence-electron chi connectivity index (χ1n) is 12.1. The number of unbranched alkanes of at least 4 members (excludes halogenated alkanes) is 1. The van der Waals surface area contributed by atoms with Crippen LogP contribution in [0.3, 0.4) is 0 Å². The predicted molar refractivity (Wildman–Crippen MR) is 133 cm³/mol. The number of anilines is 1. The lowest BCUT2D eigenvalue weighted by molar-refractivity contribution is 0.286. The van der Waals surface area contributed by atoms with Crippen molar-refractivity contribution in [3.05, 3.63) is 39.8 Å². The Labute approximate surface area is 199 Å². The highest BCUT2D eigenvalue weighted by molar-refractivity contribution is 5.82. The fourth-order valence-electron chi connectivity index (χ4n) is 4.24. The number of aromatic amines is 1. The maximum absolute atomic E-state index is 12.7. The Kier molecular flexibility index (Phi) is 8.02. The van der Waals surface area contributed by atoms with Gasteiger partial charge >= 0.3 is 11.7 Å². The molecular weight excluding hydrogens is 434 g/mol. The Morgan fingerprint density at radius 3 is 2.85 bits per heavy atom. The van der Waals surface area contributed by atoms with E-state index in [1.54, 1.807) is 7.11 Å². The lowest BCUT2D eigenvalue weighted by Gasteiger charge is -2.23. The number of hydrogen-bond acceptors (Lipinski definition) is 8. The summed E-state index contributed by atoms with van der Waals surface area (Å²) in [6.07, 6.45) is 5.13. The highest BCUT2D eigenvalue weighted by atomic mass is 16.5. The molecule has 0 saturated carbocycles. The van der Waals surface area contributed by atoms with Crippen LogP contribution in [0.5, 0.6) is 11.8 Å². The average Bonchev–Trinajstić information content (AvgIpc) is 3.16. The summed E-state index contributed by atoms with van der Waals surface area (Å²) in [5, 5.41) is 7.04. The molecule has 1 saturated heterocycles. The number of rotatable bonds is 11. The molecule has 4 rings (SSSR count). The van der Waals surface area contributed by atoms with Crippen LogP contribution in [0.2, 0.25) is 0 Å². The number of imidazole rings is 1. The highest BCUT2D eigenvalue weighted by Gasteiger charge is 2.17. The first-order valence-corrected chi connectivity index (χ1v) is 12.1. The molecule has 1 aromatic carbocycles. The van der Waals surface area contributed by atoms with Crippen molar-refractivity contribution in [1.29, 1.82) is 0 Å². The van der Waals surface area contributed by atoms with Crippen molar-refractivity contribution in [3.63, 3.8) is 0 Å². The van der Waals surface area contributed by atoms with E-state index in [1.165, 1.54) is 23.0 Å². The van der Waals surface area contributed by atoms with Crippen molar-refractivity contribution < 1.29 is 9.47 Å². The molecule has 0 bridgehead atoms. The first kappa shape index (κ1) is 24.0. The van der Waals surface area contributed by atoms with Crippen LogP contribution in [0, 0.1) is 0 Å². The molecule has 3 heterocycles. The van der Waals surface area contributed by atoms with Gasteiger partial charge < -0.3 is 30.8 Å². The maximum Gasteiger partial charge on any atom is 0.328 e. The fraction of sp³-hybridized carbons (Fsp3) is 0.542. The van der Waals surface area contributed by atoms with Gasteiger partial charge in [-0.2, -0.15) is 9.97 Å². The number of piperidine rings is 1. The third kappa shape index (κ3) is 5.68. The van der Waals surface area contributed by atoms with Crippen LogP contribution in [0.1, 0.15) is 43.7 Å². The molecule has 184 valence electrons. The van der Waals surface area contributed by atoms with E-state index in [1.807, 2.05) is 12.1 Å². The summed E-state index contributed by atoms with van der Waals surface area (Å²) in [5.74, 6) is 0.929. The Bertz CT molecular complexity index is 1150. The molecule has 0 spiro atoms. The number of nitrogens with two attached hydrogens (primary N) is 1. The van der Waals surface area contributed by atoms with E-state index in [4.69, 9.17) is 15.2 Å². The molecule has 10 heteroatoms. The summed E-state index contributed by atoms with van der Waals surface area (Å²) in [7, 11) is 1.65. The van der Waals surface area contributed by atoms with Gasteiger partial charge in [0.2, 0.25) is 0 Å². The second-order valence-electron chi connectivity index (χ2n) is 8.68. The van der Waals surface area contributed by atoms with Gasteiger partial charge in [0.25, 0.3) is 0 Å². The number of aromatic nitrogens is 4. The normalized spacial score (nSPS) is 14.5. The van der Waals surface area contributed by atoms with Crippen LogP contribution in [0.15, 0.2) is 23.0 Å². The monoisotopic (exact) mass is 469 g/mol. The summed E-state index contributed by atoms with van der Waals surface area (Å²) in [5.41, 5.74) is 8.65. The smallest absolute Gasteiger partial charge is 0.328 e. The zero-order valence-electron chi connectivity index (χ0n) is 20.0. The van der Waals surface area contributed by atoms with Crippen molar-refractivity contribution >= 4 is 17.0 Å². The minimum atomic E-state index is -0.306. The minimum Gasteiger partial charge on any atom is -0.496 e. The quantitative estimate of drug-likeness (QED) is 0.313. The summed E-state index contributed by atoms with van der Waals surface area (Å²) in [6.45, 7) is 5.95. The summed E-state index contributed by atoms with van der Waals surface area (Å²) >= 11 is 0. The van der Waals surface area contributed by atoms with Crippen molar-refractivity contribution in [3.8, 4) is 11.8 Å². The molecule has 0 unspecified atom stereocenters. The molecule has 1 aliphatic rings. The molecule has 0 atom stereocenters.